The van der Waals surface area contributed by atoms with E-state index in [1.807, 2.05) is 0 Å². The summed E-state index contributed by atoms with van der Waals surface area (Å²) in [4.78, 5) is 24.6. The van der Waals surface area contributed by atoms with Crippen LogP contribution in [0.1, 0.15) is 6.92 Å². The minimum Gasteiger partial charge on any atom is -0.508 e. The van der Waals surface area contributed by atoms with E-state index in [1.165, 1.54) is 6.07 Å². The fourth-order valence-corrected chi connectivity index (χ4v) is 2.99. The maximum atomic E-state index is 12.5. The Bertz CT molecular complexity index is 1260. The molecular formula is C21H20O12. The van der Waals surface area contributed by atoms with Gasteiger partial charge in [-0.3, -0.25) is 4.79 Å². The summed E-state index contributed by atoms with van der Waals surface area (Å²) in [5.41, 5.74) is -1.39. The number of carbonyl (C=O) groups is 1. The largest absolute Gasteiger partial charge is 0.508 e. The van der Waals surface area contributed by atoms with Gasteiger partial charge < -0.3 is 50.0 Å². The molecule has 4 atom stereocenters. The molecule has 0 spiro atoms. The molecule has 0 saturated carbocycles. The lowest BCUT2D eigenvalue weighted by molar-refractivity contribution is -0.159. The van der Waals surface area contributed by atoms with Gasteiger partial charge in [0.2, 0.25) is 11.2 Å². The minimum atomic E-state index is -2.30. The summed E-state index contributed by atoms with van der Waals surface area (Å²) in [5.74, 6) is -5.12. The monoisotopic (exact) mass is 464 g/mol. The highest BCUT2D eigenvalue weighted by atomic mass is 16.6. The fraction of sp³-hybridized carbons (Fsp3) is 0.238. The van der Waals surface area contributed by atoms with Gasteiger partial charge in [0.05, 0.1) is 6.10 Å². The molecule has 0 bridgehead atoms. The van der Waals surface area contributed by atoms with Gasteiger partial charge in [0.1, 0.15) is 34.7 Å². The van der Waals surface area contributed by atoms with Crippen LogP contribution in [0, 0.1) is 0 Å². The van der Waals surface area contributed by atoms with Crippen molar-refractivity contribution >= 4 is 16.9 Å². The standard InChI is InChI=1S/C21H20O12/c1-7(22)15(26)17(28)19(30)21(31)33-12-4-8(2-3-10(12)24)20-18(29)16(27)14-11(25)5-9(23)6-13(14)32-20/h2-7,15,17,19,22-26,28-30H,1H3/t7-,15-,17+,19-/m1/s1. The number of aliphatic hydroxyl groups is 4. The molecule has 3 rings (SSSR count). The number of ether oxygens (including phenoxy) is 1. The SMILES string of the molecule is C[C@@H](O)[C@@H](O)[C@H](O)[C@@H](O)C(=O)Oc1cc(-c2oc3cc(O)cc(O)c3c(=O)c2O)ccc1O. The first-order chi connectivity index (χ1) is 15.4. The zero-order chi connectivity index (χ0) is 24.6. The molecule has 12 heteroatoms. The normalized spacial score (nSPS) is 15.1. The Labute approximate surface area is 184 Å². The van der Waals surface area contributed by atoms with Crippen LogP contribution in [0.4, 0.5) is 0 Å². The van der Waals surface area contributed by atoms with Gasteiger partial charge in [-0.25, -0.2) is 4.79 Å². The first-order valence-corrected chi connectivity index (χ1v) is 9.41. The second kappa shape index (κ2) is 8.96. The van der Waals surface area contributed by atoms with E-state index in [0.29, 0.717) is 0 Å². The molecule has 2 aromatic carbocycles. The molecule has 0 saturated heterocycles. The Morgan fingerprint density at radius 2 is 1.61 bits per heavy atom. The van der Waals surface area contributed by atoms with Crippen LogP contribution in [0.3, 0.4) is 0 Å². The van der Waals surface area contributed by atoms with E-state index in [2.05, 4.69) is 0 Å². The first-order valence-electron chi connectivity index (χ1n) is 9.41. The summed E-state index contributed by atoms with van der Waals surface area (Å²) >= 11 is 0. The smallest absolute Gasteiger partial charge is 0.343 e. The average molecular weight is 464 g/mol. The van der Waals surface area contributed by atoms with Crippen LogP contribution in [-0.2, 0) is 4.79 Å². The molecule has 3 aromatic rings. The lowest BCUT2D eigenvalue weighted by atomic mass is 10.0. The molecule has 0 aliphatic heterocycles. The zero-order valence-electron chi connectivity index (χ0n) is 16.9. The molecule has 12 nitrogen and oxygen atoms in total. The van der Waals surface area contributed by atoms with Crippen LogP contribution in [0.25, 0.3) is 22.3 Å². The number of esters is 1. The molecule has 0 radical (unpaired) electrons. The summed E-state index contributed by atoms with van der Waals surface area (Å²) in [6, 6.07) is 5.05. The Morgan fingerprint density at radius 1 is 0.939 bits per heavy atom. The van der Waals surface area contributed by atoms with Gasteiger partial charge in [0, 0.05) is 17.7 Å². The van der Waals surface area contributed by atoms with Crippen molar-refractivity contribution in [3.8, 4) is 40.1 Å². The number of carbonyl (C=O) groups excluding carboxylic acids is 1. The third-order valence-electron chi connectivity index (χ3n) is 4.78. The van der Waals surface area contributed by atoms with Gasteiger partial charge in [-0.1, -0.05) is 0 Å². The predicted molar refractivity (Wildman–Crippen MR) is 110 cm³/mol. The fourth-order valence-electron chi connectivity index (χ4n) is 2.99. The van der Waals surface area contributed by atoms with Gasteiger partial charge in [0.25, 0.3) is 0 Å². The van der Waals surface area contributed by atoms with Crippen molar-refractivity contribution in [2.75, 3.05) is 0 Å². The Balaban J connectivity index is 2.00. The van der Waals surface area contributed by atoms with Crippen molar-refractivity contribution < 1.29 is 54.8 Å². The lowest BCUT2D eigenvalue weighted by Gasteiger charge is -2.23. The molecule has 33 heavy (non-hydrogen) atoms. The number of hydrogen-bond acceptors (Lipinski definition) is 12. The van der Waals surface area contributed by atoms with Crippen molar-refractivity contribution in [3.63, 3.8) is 0 Å². The third-order valence-corrected chi connectivity index (χ3v) is 4.78. The van der Waals surface area contributed by atoms with Gasteiger partial charge in [-0.15, -0.1) is 0 Å². The third kappa shape index (κ3) is 4.54. The van der Waals surface area contributed by atoms with Crippen LogP contribution >= 0.6 is 0 Å². The van der Waals surface area contributed by atoms with Crippen molar-refractivity contribution in [1.29, 1.82) is 0 Å². The second-order valence-corrected chi connectivity index (χ2v) is 7.22. The molecule has 0 aliphatic carbocycles. The average Bonchev–Trinajstić information content (AvgIpc) is 2.75. The predicted octanol–water partition coefficient (Wildman–Crippen LogP) is -0.349. The molecular weight excluding hydrogens is 444 g/mol. The number of rotatable bonds is 6. The highest BCUT2D eigenvalue weighted by molar-refractivity contribution is 5.88. The van der Waals surface area contributed by atoms with E-state index < -0.39 is 75.7 Å². The highest BCUT2D eigenvalue weighted by Gasteiger charge is 2.34. The molecule has 8 N–H and O–H groups in total. The number of hydrogen-bond donors (Lipinski definition) is 8. The molecule has 176 valence electrons. The summed E-state index contributed by atoms with van der Waals surface area (Å²) in [5, 5.41) is 77.9. The summed E-state index contributed by atoms with van der Waals surface area (Å²) in [7, 11) is 0. The van der Waals surface area contributed by atoms with Crippen LogP contribution < -0.4 is 10.2 Å². The topological polar surface area (TPSA) is 218 Å². The van der Waals surface area contributed by atoms with Crippen molar-refractivity contribution in [2.45, 2.75) is 31.3 Å². The number of aromatic hydroxyl groups is 4. The number of benzene rings is 2. The van der Waals surface area contributed by atoms with Gasteiger partial charge >= 0.3 is 5.97 Å². The van der Waals surface area contributed by atoms with E-state index in [1.54, 1.807) is 0 Å². The van der Waals surface area contributed by atoms with Crippen LogP contribution in [0.15, 0.2) is 39.5 Å². The van der Waals surface area contributed by atoms with Gasteiger partial charge in [-0.2, -0.15) is 0 Å². The number of aliphatic hydroxyl groups excluding tert-OH is 4. The molecule has 0 amide bonds. The maximum absolute atomic E-state index is 12.5. The number of fused-ring (bicyclic) bond motifs is 1. The quantitative estimate of drug-likeness (QED) is 0.173. The number of phenolic OH excluding ortho intramolecular Hbond substituents is 3. The Morgan fingerprint density at radius 3 is 2.24 bits per heavy atom. The van der Waals surface area contributed by atoms with E-state index in [0.717, 1.165) is 31.2 Å². The van der Waals surface area contributed by atoms with Gasteiger partial charge in [-0.05, 0) is 25.1 Å². The molecule has 0 aliphatic rings. The van der Waals surface area contributed by atoms with E-state index in [-0.39, 0.29) is 11.1 Å². The van der Waals surface area contributed by atoms with Gasteiger partial charge in [0.15, 0.2) is 23.4 Å². The first kappa shape index (κ1) is 23.8. The maximum Gasteiger partial charge on any atom is 0.343 e. The van der Waals surface area contributed by atoms with Crippen LogP contribution in [0.5, 0.6) is 28.7 Å². The Hall–Kier alpha value is -3.84. The van der Waals surface area contributed by atoms with Crippen molar-refractivity contribution in [1.82, 2.24) is 0 Å². The molecule has 0 unspecified atom stereocenters. The second-order valence-electron chi connectivity index (χ2n) is 7.22. The Kier molecular flexibility index (Phi) is 6.46. The number of phenols is 3. The zero-order valence-corrected chi connectivity index (χ0v) is 16.9. The lowest BCUT2D eigenvalue weighted by Crippen LogP contribution is -2.48. The van der Waals surface area contributed by atoms with Crippen molar-refractivity contribution in [3.05, 3.63) is 40.6 Å². The summed E-state index contributed by atoms with van der Waals surface area (Å²) in [6.07, 6.45) is -7.75. The minimum absolute atomic E-state index is 0.0889. The van der Waals surface area contributed by atoms with E-state index in [4.69, 9.17) is 9.15 Å². The summed E-state index contributed by atoms with van der Waals surface area (Å²) < 4.78 is 10.3. The molecule has 0 fully saturated rings. The van der Waals surface area contributed by atoms with E-state index >= 15 is 0 Å². The molecule has 1 heterocycles. The summed E-state index contributed by atoms with van der Waals surface area (Å²) in [6.45, 7) is 1.12. The van der Waals surface area contributed by atoms with Crippen LogP contribution in [0.2, 0.25) is 0 Å². The highest BCUT2D eigenvalue weighted by Crippen LogP contribution is 2.38. The van der Waals surface area contributed by atoms with Crippen LogP contribution in [-0.4, -0.2) is 71.2 Å². The molecule has 1 aromatic heterocycles. The van der Waals surface area contributed by atoms with Crippen molar-refractivity contribution in [2.24, 2.45) is 0 Å². The van der Waals surface area contributed by atoms with E-state index in [9.17, 15) is 50.4 Å².